The first-order chi connectivity index (χ1) is 11.4. The van der Waals surface area contributed by atoms with Gasteiger partial charge in [-0.1, -0.05) is 6.07 Å². The van der Waals surface area contributed by atoms with Gasteiger partial charge in [0.2, 0.25) is 11.8 Å². The molecule has 1 unspecified atom stereocenters. The third kappa shape index (κ3) is 3.12. The Bertz CT molecular complexity index is 759. The first kappa shape index (κ1) is 14.0. The summed E-state index contributed by atoms with van der Waals surface area (Å²) in [7, 11) is 0. The molecule has 4 rings (SSSR count). The van der Waals surface area contributed by atoms with E-state index >= 15 is 0 Å². The number of rotatable bonds is 4. The van der Waals surface area contributed by atoms with Gasteiger partial charge in [0.15, 0.2) is 0 Å². The molecule has 0 aromatic carbocycles. The standard InChI is InChI=1S/C17H17N5O/c1-2-8-19-15(5-1)12-22-9-6-14(11-22)17-21-20-16(23-17)13-4-3-7-18-10-13/h1-5,7-8,10,14H,6,9,11-12H2. The van der Waals surface area contributed by atoms with Gasteiger partial charge in [0.05, 0.1) is 17.2 Å². The highest BCUT2D eigenvalue weighted by Crippen LogP contribution is 2.29. The Kier molecular flexibility index (Phi) is 3.81. The molecule has 0 bridgehead atoms. The predicted octanol–water partition coefficient (Wildman–Crippen LogP) is 2.52. The lowest BCUT2D eigenvalue weighted by molar-refractivity contribution is 0.316. The quantitative estimate of drug-likeness (QED) is 0.738. The fourth-order valence-corrected chi connectivity index (χ4v) is 2.90. The van der Waals surface area contributed by atoms with Crippen molar-refractivity contribution in [2.45, 2.75) is 18.9 Å². The molecule has 0 saturated carbocycles. The molecule has 6 heteroatoms. The molecule has 23 heavy (non-hydrogen) atoms. The zero-order valence-corrected chi connectivity index (χ0v) is 12.7. The highest BCUT2D eigenvalue weighted by molar-refractivity contribution is 5.50. The first-order valence-electron chi connectivity index (χ1n) is 7.74. The maximum Gasteiger partial charge on any atom is 0.249 e. The van der Waals surface area contributed by atoms with Crippen molar-refractivity contribution in [1.82, 2.24) is 25.1 Å². The van der Waals surface area contributed by atoms with Crippen LogP contribution in [-0.2, 0) is 6.54 Å². The summed E-state index contributed by atoms with van der Waals surface area (Å²) in [4.78, 5) is 10.8. The van der Waals surface area contributed by atoms with E-state index in [0.717, 1.165) is 37.3 Å². The zero-order chi connectivity index (χ0) is 15.5. The van der Waals surface area contributed by atoms with Gasteiger partial charge >= 0.3 is 0 Å². The molecule has 1 atom stereocenters. The molecule has 1 aliphatic rings. The molecule has 3 aromatic heterocycles. The van der Waals surface area contributed by atoms with Crippen LogP contribution in [0.5, 0.6) is 0 Å². The van der Waals surface area contributed by atoms with E-state index in [2.05, 4.69) is 31.1 Å². The molecule has 116 valence electrons. The number of aromatic nitrogens is 4. The van der Waals surface area contributed by atoms with Crippen LogP contribution in [0.25, 0.3) is 11.5 Å². The Labute approximate surface area is 134 Å². The van der Waals surface area contributed by atoms with Gasteiger partial charge in [0.25, 0.3) is 0 Å². The molecular weight excluding hydrogens is 290 g/mol. The summed E-state index contributed by atoms with van der Waals surface area (Å²) in [5.41, 5.74) is 1.95. The van der Waals surface area contributed by atoms with Crippen LogP contribution >= 0.6 is 0 Å². The van der Waals surface area contributed by atoms with Crippen molar-refractivity contribution in [3.05, 3.63) is 60.5 Å². The maximum absolute atomic E-state index is 5.85. The van der Waals surface area contributed by atoms with E-state index in [0.29, 0.717) is 11.8 Å². The number of hydrogen-bond donors (Lipinski definition) is 0. The van der Waals surface area contributed by atoms with Crippen molar-refractivity contribution in [3.8, 4) is 11.5 Å². The van der Waals surface area contributed by atoms with Crippen LogP contribution in [0.4, 0.5) is 0 Å². The summed E-state index contributed by atoms with van der Waals surface area (Å²) in [6, 6.07) is 9.80. The Balaban J connectivity index is 1.43. The van der Waals surface area contributed by atoms with Crippen molar-refractivity contribution in [3.63, 3.8) is 0 Å². The van der Waals surface area contributed by atoms with Gasteiger partial charge in [-0.05, 0) is 37.2 Å². The molecule has 0 N–H and O–H groups in total. The maximum atomic E-state index is 5.85. The van der Waals surface area contributed by atoms with Crippen molar-refractivity contribution in [2.24, 2.45) is 0 Å². The van der Waals surface area contributed by atoms with Gasteiger partial charge in [0.1, 0.15) is 0 Å². The van der Waals surface area contributed by atoms with Crippen LogP contribution in [0.2, 0.25) is 0 Å². The monoisotopic (exact) mass is 307 g/mol. The molecule has 6 nitrogen and oxygen atoms in total. The van der Waals surface area contributed by atoms with Gasteiger partial charge in [0, 0.05) is 31.7 Å². The smallest absolute Gasteiger partial charge is 0.249 e. The third-order valence-electron chi connectivity index (χ3n) is 4.08. The molecule has 0 aliphatic carbocycles. The van der Waals surface area contributed by atoms with Crippen molar-refractivity contribution < 1.29 is 4.42 Å². The van der Waals surface area contributed by atoms with Crippen molar-refractivity contribution in [1.29, 1.82) is 0 Å². The summed E-state index contributed by atoms with van der Waals surface area (Å²) in [6.45, 7) is 2.80. The van der Waals surface area contributed by atoms with Gasteiger partial charge in [-0.3, -0.25) is 14.9 Å². The molecule has 0 spiro atoms. The van der Waals surface area contributed by atoms with Crippen LogP contribution in [0.1, 0.15) is 23.9 Å². The second-order valence-corrected chi connectivity index (χ2v) is 5.73. The predicted molar refractivity (Wildman–Crippen MR) is 84.4 cm³/mol. The number of nitrogens with zero attached hydrogens (tertiary/aromatic N) is 5. The first-order valence-corrected chi connectivity index (χ1v) is 7.74. The van der Waals surface area contributed by atoms with E-state index in [1.165, 1.54) is 0 Å². The highest BCUT2D eigenvalue weighted by Gasteiger charge is 2.28. The van der Waals surface area contributed by atoms with E-state index < -0.39 is 0 Å². The molecule has 0 radical (unpaired) electrons. The van der Waals surface area contributed by atoms with Gasteiger partial charge < -0.3 is 4.42 Å². The Hall–Kier alpha value is -2.60. The second-order valence-electron chi connectivity index (χ2n) is 5.73. The van der Waals surface area contributed by atoms with Crippen LogP contribution in [-0.4, -0.2) is 38.2 Å². The lowest BCUT2D eigenvalue weighted by Gasteiger charge is -2.14. The summed E-state index contributed by atoms with van der Waals surface area (Å²) in [6.07, 6.45) is 6.33. The summed E-state index contributed by atoms with van der Waals surface area (Å²) < 4.78 is 5.85. The SMILES string of the molecule is c1ccc(CN2CCC(c3nnc(-c4cccnc4)o3)C2)nc1. The van der Waals surface area contributed by atoms with Crippen molar-refractivity contribution >= 4 is 0 Å². The zero-order valence-electron chi connectivity index (χ0n) is 12.7. The lowest BCUT2D eigenvalue weighted by Crippen LogP contribution is -2.20. The number of pyridine rings is 2. The highest BCUT2D eigenvalue weighted by atomic mass is 16.4. The van der Waals surface area contributed by atoms with Crippen molar-refractivity contribution in [2.75, 3.05) is 13.1 Å². The molecular formula is C17H17N5O. The van der Waals surface area contributed by atoms with Gasteiger partial charge in [-0.25, -0.2) is 0 Å². The lowest BCUT2D eigenvalue weighted by atomic mass is 10.1. The average Bonchev–Trinajstić information content (AvgIpc) is 3.26. The van der Waals surface area contributed by atoms with E-state index in [9.17, 15) is 0 Å². The fourth-order valence-electron chi connectivity index (χ4n) is 2.90. The van der Waals surface area contributed by atoms with Gasteiger partial charge in [-0.15, -0.1) is 10.2 Å². The number of likely N-dealkylation sites (tertiary alicyclic amines) is 1. The molecule has 1 saturated heterocycles. The summed E-state index contributed by atoms with van der Waals surface area (Å²) >= 11 is 0. The summed E-state index contributed by atoms with van der Waals surface area (Å²) in [5.74, 6) is 1.54. The minimum Gasteiger partial charge on any atom is -0.420 e. The number of hydrogen-bond acceptors (Lipinski definition) is 6. The van der Waals surface area contributed by atoms with Crippen LogP contribution in [0.3, 0.4) is 0 Å². The Morgan fingerprint density at radius 1 is 1.13 bits per heavy atom. The molecule has 1 fully saturated rings. The second kappa shape index (κ2) is 6.26. The molecule has 3 aromatic rings. The minimum absolute atomic E-state index is 0.289. The normalized spacial score (nSPS) is 18.3. The molecule has 4 heterocycles. The largest absolute Gasteiger partial charge is 0.420 e. The van der Waals surface area contributed by atoms with Crippen LogP contribution in [0.15, 0.2) is 53.3 Å². The van der Waals surface area contributed by atoms with Crippen LogP contribution in [0, 0.1) is 0 Å². The van der Waals surface area contributed by atoms with Gasteiger partial charge in [-0.2, -0.15) is 0 Å². The fraction of sp³-hybridized carbons (Fsp3) is 0.294. The summed E-state index contributed by atoms with van der Waals surface area (Å²) in [5, 5.41) is 8.38. The minimum atomic E-state index is 0.289. The van der Waals surface area contributed by atoms with E-state index in [1.54, 1.807) is 12.4 Å². The Morgan fingerprint density at radius 2 is 2.13 bits per heavy atom. The molecule has 1 aliphatic heterocycles. The molecule has 0 amide bonds. The van der Waals surface area contributed by atoms with E-state index in [1.807, 2.05) is 30.5 Å². The topological polar surface area (TPSA) is 67.9 Å². The van der Waals surface area contributed by atoms with E-state index in [-0.39, 0.29) is 5.92 Å². The van der Waals surface area contributed by atoms with Crippen LogP contribution < -0.4 is 0 Å². The van der Waals surface area contributed by atoms with E-state index in [4.69, 9.17) is 4.42 Å². The Morgan fingerprint density at radius 3 is 2.96 bits per heavy atom. The average molecular weight is 307 g/mol. The third-order valence-corrected chi connectivity index (χ3v) is 4.08.